The maximum Gasteiger partial charge on any atom is 0.261 e. The predicted octanol–water partition coefficient (Wildman–Crippen LogP) is 5.83. The van der Waals surface area contributed by atoms with Crippen molar-refractivity contribution in [3.8, 4) is 5.69 Å². The molecule has 0 fully saturated rings. The van der Waals surface area contributed by atoms with Gasteiger partial charge in [-0.25, -0.2) is 0 Å². The van der Waals surface area contributed by atoms with Crippen molar-refractivity contribution in [2.45, 2.75) is 26.8 Å². The predicted molar refractivity (Wildman–Crippen MR) is 171 cm³/mol. The van der Waals surface area contributed by atoms with Gasteiger partial charge in [-0.15, -0.1) is 0 Å². The number of nitrogens with zero attached hydrogens (tertiary/aromatic N) is 5. The Kier molecular flexibility index (Phi) is 6.83. The number of carbonyl (C=O) groups is 2. The number of fused-ring (bicyclic) bond motifs is 3. The molecule has 0 unspecified atom stereocenters. The second-order valence-electron chi connectivity index (χ2n) is 10.8. The van der Waals surface area contributed by atoms with Crippen LogP contribution in [0.25, 0.3) is 49.5 Å². The molecule has 1 N–H and O–H groups in total. The van der Waals surface area contributed by atoms with Crippen LogP contribution in [0.3, 0.4) is 0 Å². The van der Waals surface area contributed by atoms with E-state index in [-0.39, 0.29) is 0 Å². The van der Waals surface area contributed by atoms with Gasteiger partial charge in [0, 0.05) is 34.5 Å². The van der Waals surface area contributed by atoms with Crippen LogP contribution >= 0.6 is 0 Å². The Hall–Kier alpha value is -5.08. The molecule has 0 bridgehead atoms. The lowest BCUT2D eigenvalue weighted by Gasteiger charge is -2.17. The van der Waals surface area contributed by atoms with Crippen LogP contribution in [-0.4, -0.2) is 55.7 Å². The number of carbonyl (C=O) groups excluding carboxylic acids is 2. The van der Waals surface area contributed by atoms with Gasteiger partial charge in [0.25, 0.3) is 11.8 Å². The van der Waals surface area contributed by atoms with Gasteiger partial charge < -0.3 is 9.47 Å². The van der Waals surface area contributed by atoms with E-state index in [1.54, 1.807) is 0 Å². The Morgan fingerprint density at radius 3 is 2.33 bits per heavy atom. The topological polar surface area (TPSA) is 85.1 Å². The van der Waals surface area contributed by atoms with Gasteiger partial charge in [0.15, 0.2) is 0 Å². The normalized spacial score (nSPS) is 13.7. The van der Waals surface area contributed by atoms with Gasteiger partial charge in [-0.05, 0) is 50.3 Å². The van der Waals surface area contributed by atoms with Crippen molar-refractivity contribution < 1.29 is 9.59 Å². The summed E-state index contributed by atoms with van der Waals surface area (Å²) in [6.07, 6.45) is 4.70. The van der Waals surface area contributed by atoms with Crippen molar-refractivity contribution in [2.75, 3.05) is 19.6 Å². The number of pyridine rings is 1. The maximum atomic E-state index is 13.5. The van der Waals surface area contributed by atoms with Crippen LogP contribution in [0.4, 0.5) is 0 Å². The average Bonchev–Trinajstić information content (AvgIpc) is 3.69. The number of aryl methyl sites for hydroxylation is 1. The third-order valence-electron chi connectivity index (χ3n) is 8.40. The van der Waals surface area contributed by atoms with Crippen molar-refractivity contribution in [1.29, 1.82) is 0 Å². The highest BCUT2D eigenvalue weighted by Crippen LogP contribution is 2.38. The van der Waals surface area contributed by atoms with E-state index in [1.807, 2.05) is 94.4 Å². The van der Waals surface area contributed by atoms with Crippen molar-refractivity contribution >= 4 is 55.7 Å². The van der Waals surface area contributed by atoms with Crippen molar-refractivity contribution in [2.24, 2.45) is 0 Å². The lowest BCUT2D eigenvalue weighted by molar-refractivity contribution is -0.122. The molecule has 1 aliphatic rings. The van der Waals surface area contributed by atoms with Gasteiger partial charge >= 0.3 is 0 Å². The van der Waals surface area contributed by atoms with E-state index in [1.165, 1.54) is 0 Å². The molecule has 43 heavy (non-hydrogen) atoms. The first kappa shape index (κ1) is 26.8. The van der Waals surface area contributed by atoms with Gasteiger partial charge in [0.05, 0.1) is 39.6 Å². The number of hydrogen-bond donors (Lipinski definition) is 1. The SMILES string of the molecule is CCN(CC)CCCn1nc(C2=C(c3cn(-c4cnc5ccccc5c4)c4ccccc34)C(=O)NC2=O)c2ccccc21. The van der Waals surface area contributed by atoms with Crippen molar-refractivity contribution in [3.05, 3.63) is 103 Å². The molecule has 0 saturated heterocycles. The molecule has 214 valence electrons. The molecule has 0 atom stereocenters. The number of para-hydroxylation sites is 3. The first-order valence-corrected chi connectivity index (χ1v) is 14.8. The van der Waals surface area contributed by atoms with Crippen LogP contribution in [0.2, 0.25) is 0 Å². The number of benzene rings is 3. The fourth-order valence-corrected chi connectivity index (χ4v) is 6.19. The Bertz CT molecular complexity index is 2060. The number of nitrogens with one attached hydrogen (secondary N) is 1. The summed E-state index contributed by atoms with van der Waals surface area (Å²) < 4.78 is 4.01. The standard InChI is InChI=1S/C35H32N6O2/c1-3-39(4-2)18-11-19-41-30-17-10-7-14-26(30)33(38-41)32-31(34(42)37-35(32)43)27-22-40(29-16-9-6-13-25(27)29)24-20-23-12-5-8-15-28(23)36-21-24/h5-10,12-17,20-22H,3-4,11,18-19H2,1-2H3,(H,37,42,43). The van der Waals surface area contributed by atoms with E-state index in [4.69, 9.17) is 5.10 Å². The Balaban J connectivity index is 1.39. The molecule has 3 aromatic carbocycles. The van der Waals surface area contributed by atoms with E-state index in [0.717, 1.165) is 64.5 Å². The highest BCUT2D eigenvalue weighted by Gasteiger charge is 2.36. The monoisotopic (exact) mass is 568 g/mol. The van der Waals surface area contributed by atoms with Crippen molar-refractivity contribution in [1.82, 2.24) is 29.5 Å². The molecule has 0 aliphatic carbocycles. The van der Waals surface area contributed by atoms with E-state index < -0.39 is 11.8 Å². The lowest BCUT2D eigenvalue weighted by Crippen LogP contribution is -2.25. The minimum absolute atomic E-state index is 0.309. The number of hydrogen-bond acceptors (Lipinski definition) is 5. The first-order valence-electron chi connectivity index (χ1n) is 14.8. The summed E-state index contributed by atoms with van der Waals surface area (Å²) in [6, 6.07) is 25.9. The summed E-state index contributed by atoms with van der Waals surface area (Å²) in [7, 11) is 0. The summed E-state index contributed by atoms with van der Waals surface area (Å²) in [4.78, 5) is 34.1. The fourth-order valence-electron chi connectivity index (χ4n) is 6.19. The van der Waals surface area contributed by atoms with Gasteiger partial charge in [-0.3, -0.25) is 24.6 Å². The number of aromatic nitrogens is 4. The van der Waals surface area contributed by atoms with Crippen LogP contribution in [0.15, 0.2) is 91.3 Å². The van der Waals surface area contributed by atoms with E-state index in [9.17, 15) is 9.59 Å². The molecular formula is C35H32N6O2. The van der Waals surface area contributed by atoms with Crippen LogP contribution < -0.4 is 5.32 Å². The zero-order chi connectivity index (χ0) is 29.5. The second-order valence-corrected chi connectivity index (χ2v) is 10.8. The molecule has 4 heterocycles. The number of amides is 2. The third-order valence-corrected chi connectivity index (χ3v) is 8.40. The molecule has 0 spiro atoms. The molecular weight excluding hydrogens is 536 g/mol. The summed E-state index contributed by atoms with van der Waals surface area (Å²) in [5, 5.41) is 10.3. The minimum atomic E-state index is -0.428. The average molecular weight is 569 g/mol. The molecule has 0 radical (unpaired) electrons. The molecule has 6 aromatic rings. The number of rotatable bonds is 9. The zero-order valence-electron chi connectivity index (χ0n) is 24.2. The first-order chi connectivity index (χ1) is 21.1. The molecule has 7 rings (SSSR count). The second kappa shape index (κ2) is 11.0. The van der Waals surface area contributed by atoms with E-state index >= 15 is 0 Å². The van der Waals surface area contributed by atoms with Gasteiger partial charge in [-0.2, -0.15) is 5.10 Å². The quantitative estimate of drug-likeness (QED) is 0.222. The number of imide groups is 1. The molecule has 3 aromatic heterocycles. The van der Waals surface area contributed by atoms with Crippen LogP contribution in [0.1, 0.15) is 31.5 Å². The largest absolute Gasteiger partial charge is 0.314 e. The van der Waals surface area contributed by atoms with Gasteiger partial charge in [-0.1, -0.05) is 68.4 Å². The molecule has 2 amide bonds. The van der Waals surface area contributed by atoms with Crippen molar-refractivity contribution in [3.63, 3.8) is 0 Å². The third kappa shape index (κ3) is 4.60. The van der Waals surface area contributed by atoms with E-state index in [0.29, 0.717) is 28.9 Å². The molecule has 8 nitrogen and oxygen atoms in total. The Labute approximate surface area is 249 Å². The highest BCUT2D eigenvalue weighted by atomic mass is 16.2. The van der Waals surface area contributed by atoms with Gasteiger partial charge in [0.2, 0.25) is 0 Å². The molecule has 0 saturated carbocycles. The van der Waals surface area contributed by atoms with E-state index in [2.05, 4.69) is 35.1 Å². The summed E-state index contributed by atoms with van der Waals surface area (Å²) in [5.41, 5.74) is 5.50. The summed E-state index contributed by atoms with van der Waals surface area (Å²) in [5.74, 6) is -0.845. The van der Waals surface area contributed by atoms with Crippen LogP contribution in [0, 0.1) is 0 Å². The maximum absolute atomic E-state index is 13.5. The highest BCUT2D eigenvalue weighted by molar-refractivity contribution is 6.50. The Morgan fingerprint density at radius 1 is 0.814 bits per heavy atom. The zero-order valence-corrected chi connectivity index (χ0v) is 24.2. The van der Waals surface area contributed by atoms with Crippen LogP contribution in [-0.2, 0) is 16.1 Å². The molecule has 1 aliphatic heterocycles. The fraction of sp³-hybridized carbons (Fsp3) is 0.200. The van der Waals surface area contributed by atoms with Gasteiger partial charge in [0.1, 0.15) is 5.69 Å². The van der Waals surface area contributed by atoms with Crippen LogP contribution in [0.5, 0.6) is 0 Å². The Morgan fingerprint density at radius 2 is 1.51 bits per heavy atom. The minimum Gasteiger partial charge on any atom is -0.314 e. The lowest BCUT2D eigenvalue weighted by atomic mass is 9.97. The molecule has 8 heteroatoms. The summed E-state index contributed by atoms with van der Waals surface area (Å²) in [6.45, 7) is 8.02. The smallest absolute Gasteiger partial charge is 0.261 e. The summed E-state index contributed by atoms with van der Waals surface area (Å²) >= 11 is 0.